The van der Waals surface area contributed by atoms with Gasteiger partial charge in [-0.05, 0) is 26.2 Å². The Morgan fingerprint density at radius 2 is 2.22 bits per heavy atom. The molecule has 2 saturated heterocycles. The van der Waals surface area contributed by atoms with E-state index in [0.717, 1.165) is 45.8 Å². The largest absolute Gasteiger partial charge is 0.377 e. The van der Waals surface area contributed by atoms with Gasteiger partial charge >= 0.3 is 0 Å². The Bertz CT molecular complexity index is 232. The summed E-state index contributed by atoms with van der Waals surface area (Å²) in [6, 6.07) is 0.482. The first kappa shape index (κ1) is 14.3. The molecule has 0 spiro atoms. The average Bonchev–Trinajstić information content (AvgIpc) is 2.93. The Morgan fingerprint density at radius 3 is 2.94 bits per heavy atom. The molecule has 3 unspecified atom stereocenters. The highest BCUT2D eigenvalue weighted by molar-refractivity contribution is 4.78. The summed E-state index contributed by atoms with van der Waals surface area (Å²) in [5, 5.41) is 3.60. The lowest BCUT2D eigenvalue weighted by Crippen LogP contribution is -2.46. The normalized spacial score (nSPS) is 31.7. The van der Waals surface area contributed by atoms with Gasteiger partial charge in [0.2, 0.25) is 0 Å². The monoisotopic (exact) mass is 256 g/mol. The predicted octanol–water partition coefficient (Wildman–Crippen LogP) is 1.25. The maximum absolute atomic E-state index is 5.70. The molecule has 2 rings (SSSR count). The first-order valence-electron chi connectivity index (χ1n) is 7.48. The molecule has 2 aliphatic heterocycles. The predicted molar refractivity (Wildman–Crippen MR) is 72.9 cm³/mol. The molecule has 106 valence electrons. The van der Waals surface area contributed by atoms with Gasteiger partial charge in [0.05, 0.1) is 18.8 Å². The Balaban J connectivity index is 1.59. The molecule has 1 N–H and O–H groups in total. The molecule has 0 aromatic rings. The van der Waals surface area contributed by atoms with Gasteiger partial charge in [0.15, 0.2) is 0 Å². The first-order valence-corrected chi connectivity index (χ1v) is 7.48. The van der Waals surface area contributed by atoms with Crippen LogP contribution in [0.15, 0.2) is 0 Å². The third-order valence-corrected chi connectivity index (χ3v) is 4.10. The van der Waals surface area contributed by atoms with Crippen molar-refractivity contribution in [3.63, 3.8) is 0 Å². The lowest BCUT2D eigenvalue weighted by molar-refractivity contribution is -0.0295. The van der Waals surface area contributed by atoms with E-state index < -0.39 is 0 Å². The Labute approximate surface area is 111 Å². The quantitative estimate of drug-likeness (QED) is 0.775. The fourth-order valence-electron chi connectivity index (χ4n) is 2.81. The second kappa shape index (κ2) is 7.43. The van der Waals surface area contributed by atoms with Gasteiger partial charge < -0.3 is 14.8 Å². The van der Waals surface area contributed by atoms with Gasteiger partial charge in [-0.2, -0.15) is 0 Å². The van der Waals surface area contributed by atoms with Crippen molar-refractivity contribution in [2.75, 3.05) is 39.4 Å². The van der Waals surface area contributed by atoms with Crippen molar-refractivity contribution < 1.29 is 9.47 Å². The van der Waals surface area contributed by atoms with Crippen LogP contribution in [0.2, 0.25) is 0 Å². The molecule has 0 aliphatic carbocycles. The summed E-state index contributed by atoms with van der Waals surface area (Å²) in [6.45, 7) is 10.6. The van der Waals surface area contributed by atoms with Gasteiger partial charge in [0.1, 0.15) is 0 Å². The maximum Gasteiger partial charge on any atom is 0.0726 e. The molecular weight excluding hydrogens is 228 g/mol. The summed E-state index contributed by atoms with van der Waals surface area (Å²) in [7, 11) is 0. The standard InChI is InChI=1S/C14H28N2O2/c1-3-13-11-16(8-10-17-13)7-6-15-12(2)14-5-4-9-18-14/h12-15H,3-11H2,1-2H3. The molecule has 2 heterocycles. The third kappa shape index (κ3) is 4.19. The molecule has 4 heteroatoms. The van der Waals surface area contributed by atoms with E-state index in [1.165, 1.54) is 12.8 Å². The minimum atomic E-state index is 0.429. The fourth-order valence-corrected chi connectivity index (χ4v) is 2.81. The molecule has 2 fully saturated rings. The first-order chi connectivity index (χ1) is 8.79. The van der Waals surface area contributed by atoms with E-state index >= 15 is 0 Å². The second-order valence-corrected chi connectivity index (χ2v) is 5.50. The van der Waals surface area contributed by atoms with Crippen LogP contribution in [0.4, 0.5) is 0 Å². The van der Waals surface area contributed by atoms with E-state index in [-0.39, 0.29) is 0 Å². The zero-order chi connectivity index (χ0) is 12.8. The summed E-state index contributed by atoms with van der Waals surface area (Å²) in [6.07, 6.45) is 4.42. The fraction of sp³-hybridized carbons (Fsp3) is 1.00. The summed E-state index contributed by atoms with van der Waals surface area (Å²) in [5.41, 5.74) is 0. The van der Waals surface area contributed by atoms with Crippen LogP contribution >= 0.6 is 0 Å². The van der Waals surface area contributed by atoms with Gasteiger partial charge in [-0.15, -0.1) is 0 Å². The van der Waals surface area contributed by atoms with Gasteiger partial charge in [0.25, 0.3) is 0 Å². The number of hydrogen-bond donors (Lipinski definition) is 1. The molecule has 3 atom stereocenters. The van der Waals surface area contributed by atoms with Crippen LogP contribution in [-0.2, 0) is 9.47 Å². The Kier molecular flexibility index (Phi) is 5.89. The van der Waals surface area contributed by atoms with Crippen LogP contribution in [0.1, 0.15) is 33.1 Å². The SMILES string of the molecule is CCC1CN(CCNC(C)C2CCCO2)CCO1. The molecule has 0 bridgehead atoms. The Morgan fingerprint density at radius 1 is 1.33 bits per heavy atom. The van der Waals surface area contributed by atoms with Crippen molar-refractivity contribution in [2.45, 2.75) is 51.4 Å². The summed E-state index contributed by atoms with van der Waals surface area (Å²) in [4.78, 5) is 2.51. The van der Waals surface area contributed by atoms with Crippen molar-refractivity contribution in [1.29, 1.82) is 0 Å². The molecular formula is C14H28N2O2. The van der Waals surface area contributed by atoms with Crippen LogP contribution in [0.3, 0.4) is 0 Å². The summed E-state index contributed by atoms with van der Waals surface area (Å²) in [5.74, 6) is 0. The van der Waals surface area contributed by atoms with Crippen LogP contribution < -0.4 is 5.32 Å². The van der Waals surface area contributed by atoms with Gasteiger partial charge in [0, 0.05) is 38.8 Å². The topological polar surface area (TPSA) is 33.7 Å². The molecule has 0 aromatic heterocycles. The van der Waals surface area contributed by atoms with Gasteiger partial charge in [-0.25, -0.2) is 0 Å². The highest BCUT2D eigenvalue weighted by Crippen LogP contribution is 2.15. The van der Waals surface area contributed by atoms with E-state index in [2.05, 4.69) is 24.1 Å². The lowest BCUT2D eigenvalue weighted by Gasteiger charge is -2.33. The lowest BCUT2D eigenvalue weighted by atomic mass is 10.1. The number of morpholine rings is 1. The van der Waals surface area contributed by atoms with Gasteiger partial charge in [-0.3, -0.25) is 4.90 Å². The minimum absolute atomic E-state index is 0.429. The molecule has 4 nitrogen and oxygen atoms in total. The molecule has 18 heavy (non-hydrogen) atoms. The molecule has 0 aromatic carbocycles. The van der Waals surface area contributed by atoms with E-state index in [1.807, 2.05) is 0 Å². The van der Waals surface area contributed by atoms with Crippen LogP contribution in [-0.4, -0.2) is 62.5 Å². The van der Waals surface area contributed by atoms with Crippen molar-refractivity contribution in [3.8, 4) is 0 Å². The van der Waals surface area contributed by atoms with Crippen molar-refractivity contribution in [1.82, 2.24) is 10.2 Å². The van der Waals surface area contributed by atoms with Crippen molar-refractivity contribution in [2.24, 2.45) is 0 Å². The highest BCUT2D eigenvalue weighted by atomic mass is 16.5. The van der Waals surface area contributed by atoms with Crippen molar-refractivity contribution >= 4 is 0 Å². The molecule has 2 aliphatic rings. The van der Waals surface area contributed by atoms with E-state index in [4.69, 9.17) is 9.47 Å². The van der Waals surface area contributed by atoms with Crippen LogP contribution in [0.5, 0.6) is 0 Å². The second-order valence-electron chi connectivity index (χ2n) is 5.50. The smallest absolute Gasteiger partial charge is 0.0726 e. The average molecular weight is 256 g/mol. The molecule has 0 amide bonds. The van der Waals surface area contributed by atoms with E-state index in [9.17, 15) is 0 Å². The number of hydrogen-bond acceptors (Lipinski definition) is 4. The van der Waals surface area contributed by atoms with E-state index in [1.54, 1.807) is 0 Å². The van der Waals surface area contributed by atoms with Crippen LogP contribution in [0, 0.1) is 0 Å². The van der Waals surface area contributed by atoms with E-state index in [0.29, 0.717) is 18.2 Å². The zero-order valence-corrected chi connectivity index (χ0v) is 11.9. The van der Waals surface area contributed by atoms with Crippen molar-refractivity contribution in [3.05, 3.63) is 0 Å². The number of nitrogens with zero attached hydrogens (tertiary/aromatic N) is 1. The number of ether oxygens (including phenoxy) is 2. The maximum atomic E-state index is 5.70. The minimum Gasteiger partial charge on any atom is -0.377 e. The summed E-state index contributed by atoms with van der Waals surface area (Å²) >= 11 is 0. The molecule has 0 saturated carbocycles. The number of rotatable bonds is 6. The Hall–Kier alpha value is -0.160. The third-order valence-electron chi connectivity index (χ3n) is 4.10. The number of nitrogens with one attached hydrogen (secondary N) is 1. The zero-order valence-electron chi connectivity index (χ0n) is 11.9. The van der Waals surface area contributed by atoms with Crippen LogP contribution in [0.25, 0.3) is 0 Å². The summed E-state index contributed by atoms with van der Waals surface area (Å²) < 4.78 is 11.4. The highest BCUT2D eigenvalue weighted by Gasteiger charge is 2.22. The van der Waals surface area contributed by atoms with Gasteiger partial charge in [-0.1, -0.05) is 6.92 Å². The molecule has 0 radical (unpaired) electrons.